The first-order chi connectivity index (χ1) is 11.5. The summed E-state index contributed by atoms with van der Waals surface area (Å²) in [5.41, 5.74) is 2.39. The van der Waals surface area contributed by atoms with E-state index in [9.17, 15) is 4.79 Å². The quantitative estimate of drug-likeness (QED) is 0.557. The van der Waals surface area contributed by atoms with Crippen molar-refractivity contribution in [3.8, 4) is 17.2 Å². The lowest BCUT2D eigenvalue weighted by Crippen LogP contribution is -2.09. The van der Waals surface area contributed by atoms with E-state index < -0.39 is 5.97 Å². The Balaban J connectivity index is 2.34. The summed E-state index contributed by atoms with van der Waals surface area (Å²) in [4.78, 5) is 11.1. The van der Waals surface area contributed by atoms with Crippen LogP contribution in [0.4, 0.5) is 5.69 Å². The molecule has 0 amide bonds. The standard InChI is InChI=1S/C18H14Cl2N2O2/c1-2-17(15(10-21)18(23)24)22-13-7-8-14(16(20)9-13)11-3-5-12(19)6-4-11/h3-9,22H,2H2,1H3,(H,23,24). The van der Waals surface area contributed by atoms with Gasteiger partial charge in [0.25, 0.3) is 0 Å². The summed E-state index contributed by atoms with van der Waals surface area (Å²) in [6.07, 6.45) is 0.381. The van der Waals surface area contributed by atoms with Crippen LogP contribution < -0.4 is 5.32 Å². The van der Waals surface area contributed by atoms with E-state index in [1.165, 1.54) is 0 Å². The number of carboxylic acid groups (broad SMARTS) is 1. The van der Waals surface area contributed by atoms with E-state index >= 15 is 0 Å². The average molecular weight is 361 g/mol. The van der Waals surface area contributed by atoms with Gasteiger partial charge in [-0.15, -0.1) is 0 Å². The van der Waals surface area contributed by atoms with Crippen molar-refractivity contribution in [2.75, 3.05) is 5.32 Å². The second kappa shape index (κ2) is 7.87. The van der Waals surface area contributed by atoms with Crippen molar-refractivity contribution in [2.45, 2.75) is 13.3 Å². The van der Waals surface area contributed by atoms with Gasteiger partial charge in [-0.25, -0.2) is 4.79 Å². The highest BCUT2D eigenvalue weighted by atomic mass is 35.5. The third-order valence-electron chi connectivity index (χ3n) is 3.40. The van der Waals surface area contributed by atoms with Crippen LogP contribution in [0.2, 0.25) is 10.0 Å². The minimum absolute atomic E-state index is 0.310. The highest BCUT2D eigenvalue weighted by Gasteiger charge is 2.13. The predicted molar refractivity (Wildman–Crippen MR) is 96.1 cm³/mol. The Morgan fingerprint density at radius 1 is 1.21 bits per heavy atom. The Hall–Kier alpha value is -2.48. The zero-order valence-corrected chi connectivity index (χ0v) is 14.3. The molecule has 0 spiro atoms. The van der Waals surface area contributed by atoms with Crippen LogP contribution in [-0.2, 0) is 4.79 Å². The highest BCUT2D eigenvalue weighted by molar-refractivity contribution is 6.33. The second-order valence-corrected chi connectivity index (χ2v) is 5.79. The van der Waals surface area contributed by atoms with Crippen LogP contribution in [-0.4, -0.2) is 11.1 Å². The number of rotatable bonds is 5. The highest BCUT2D eigenvalue weighted by Crippen LogP contribution is 2.31. The third kappa shape index (κ3) is 4.08. The number of carboxylic acids is 1. The van der Waals surface area contributed by atoms with Gasteiger partial charge in [0, 0.05) is 22.0 Å². The summed E-state index contributed by atoms with van der Waals surface area (Å²) >= 11 is 12.2. The number of carbonyl (C=O) groups is 1. The number of nitriles is 1. The lowest BCUT2D eigenvalue weighted by Gasteiger charge is -2.12. The van der Waals surface area contributed by atoms with E-state index in [-0.39, 0.29) is 5.57 Å². The number of benzene rings is 2. The van der Waals surface area contributed by atoms with Gasteiger partial charge in [0.2, 0.25) is 0 Å². The number of aliphatic carboxylic acids is 1. The molecule has 2 aromatic rings. The number of anilines is 1. The molecule has 0 aliphatic carbocycles. The van der Waals surface area contributed by atoms with Crippen LogP contribution in [0.15, 0.2) is 53.7 Å². The summed E-state index contributed by atoms with van der Waals surface area (Å²) in [6, 6.07) is 14.3. The first kappa shape index (κ1) is 17.9. The molecule has 24 heavy (non-hydrogen) atoms. The van der Waals surface area contributed by atoms with E-state index in [4.69, 9.17) is 33.6 Å². The minimum atomic E-state index is -1.26. The first-order valence-corrected chi connectivity index (χ1v) is 7.91. The van der Waals surface area contributed by atoms with Gasteiger partial charge in [0.15, 0.2) is 5.57 Å². The zero-order valence-electron chi connectivity index (χ0n) is 12.8. The molecule has 0 aromatic heterocycles. The molecule has 0 atom stereocenters. The normalized spacial score (nSPS) is 11.4. The number of hydrogen-bond donors (Lipinski definition) is 2. The van der Waals surface area contributed by atoms with Gasteiger partial charge in [-0.3, -0.25) is 0 Å². The van der Waals surface area contributed by atoms with Crippen molar-refractivity contribution in [1.29, 1.82) is 5.26 Å². The summed E-state index contributed by atoms with van der Waals surface area (Å²) in [7, 11) is 0. The van der Waals surface area contributed by atoms with Gasteiger partial charge in [0.1, 0.15) is 6.07 Å². The van der Waals surface area contributed by atoms with Crippen molar-refractivity contribution < 1.29 is 9.90 Å². The molecule has 0 heterocycles. The lowest BCUT2D eigenvalue weighted by molar-refractivity contribution is -0.132. The van der Waals surface area contributed by atoms with Gasteiger partial charge in [-0.2, -0.15) is 5.26 Å². The van der Waals surface area contributed by atoms with Crippen LogP contribution in [0.3, 0.4) is 0 Å². The van der Waals surface area contributed by atoms with Gasteiger partial charge in [-0.05, 0) is 36.2 Å². The smallest absolute Gasteiger partial charge is 0.348 e. The maximum Gasteiger partial charge on any atom is 0.348 e. The molecule has 122 valence electrons. The molecule has 0 unspecified atom stereocenters. The maximum atomic E-state index is 11.1. The Morgan fingerprint density at radius 3 is 2.38 bits per heavy atom. The molecule has 6 heteroatoms. The van der Waals surface area contributed by atoms with Crippen molar-refractivity contribution in [3.05, 3.63) is 63.8 Å². The number of nitrogens with one attached hydrogen (secondary N) is 1. The molecule has 0 bridgehead atoms. The fourth-order valence-corrected chi connectivity index (χ4v) is 2.62. The zero-order chi connectivity index (χ0) is 17.7. The molecule has 0 aliphatic rings. The Kier molecular flexibility index (Phi) is 5.86. The molecule has 2 rings (SSSR count). The van der Waals surface area contributed by atoms with Crippen molar-refractivity contribution in [2.24, 2.45) is 0 Å². The number of nitrogens with zero attached hydrogens (tertiary/aromatic N) is 1. The molecular weight excluding hydrogens is 347 g/mol. The molecule has 0 saturated carbocycles. The minimum Gasteiger partial charge on any atom is -0.477 e. The number of allylic oxidation sites excluding steroid dienone is 1. The first-order valence-electron chi connectivity index (χ1n) is 7.15. The molecule has 2 N–H and O–H groups in total. The van der Waals surface area contributed by atoms with Crippen LogP contribution in [0.5, 0.6) is 0 Å². The second-order valence-electron chi connectivity index (χ2n) is 4.95. The monoisotopic (exact) mass is 360 g/mol. The summed E-state index contributed by atoms with van der Waals surface area (Å²) in [5, 5.41) is 22.2. The fourth-order valence-electron chi connectivity index (χ4n) is 2.20. The van der Waals surface area contributed by atoms with E-state index in [0.29, 0.717) is 27.9 Å². The number of hydrogen-bond acceptors (Lipinski definition) is 3. The van der Waals surface area contributed by atoms with Crippen LogP contribution in [0, 0.1) is 11.3 Å². The predicted octanol–water partition coefficient (Wildman–Crippen LogP) is 5.34. The fraction of sp³-hybridized carbons (Fsp3) is 0.111. The van der Waals surface area contributed by atoms with Gasteiger partial charge >= 0.3 is 5.97 Å². The van der Waals surface area contributed by atoms with E-state index in [1.54, 1.807) is 37.3 Å². The van der Waals surface area contributed by atoms with Crippen LogP contribution in [0.1, 0.15) is 13.3 Å². The summed E-state index contributed by atoms with van der Waals surface area (Å²) < 4.78 is 0. The Morgan fingerprint density at radius 2 is 1.88 bits per heavy atom. The molecular formula is C18H14Cl2N2O2. The van der Waals surface area contributed by atoms with Crippen molar-refractivity contribution in [1.82, 2.24) is 0 Å². The van der Waals surface area contributed by atoms with Gasteiger partial charge < -0.3 is 10.4 Å². The molecule has 0 radical (unpaired) electrons. The van der Waals surface area contributed by atoms with Crippen LogP contribution in [0.25, 0.3) is 11.1 Å². The lowest BCUT2D eigenvalue weighted by atomic mass is 10.1. The topological polar surface area (TPSA) is 73.1 Å². The van der Waals surface area contributed by atoms with Crippen molar-refractivity contribution >= 4 is 34.9 Å². The third-order valence-corrected chi connectivity index (χ3v) is 3.97. The molecule has 4 nitrogen and oxygen atoms in total. The van der Waals surface area contributed by atoms with Crippen LogP contribution >= 0.6 is 23.2 Å². The van der Waals surface area contributed by atoms with E-state index in [2.05, 4.69) is 5.32 Å². The summed E-state index contributed by atoms with van der Waals surface area (Å²) in [5.74, 6) is -1.26. The maximum absolute atomic E-state index is 11.1. The summed E-state index contributed by atoms with van der Waals surface area (Å²) in [6.45, 7) is 1.77. The average Bonchev–Trinajstić information content (AvgIpc) is 2.55. The van der Waals surface area contributed by atoms with Gasteiger partial charge in [0.05, 0.1) is 5.02 Å². The van der Waals surface area contributed by atoms with Gasteiger partial charge in [-0.1, -0.05) is 48.3 Å². The number of halogens is 2. The molecule has 0 aliphatic heterocycles. The SMILES string of the molecule is CCC(Nc1ccc(-c2ccc(Cl)cc2)c(Cl)c1)=C(C#N)C(=O)O. The van der Waals surface area contributed by atoms with E-state index in [0.717, 1.165) is 11.1 Å². The Bertz CT molecular complexity index is 837. The molecule has 0 saturated heterocycles. The van der Waals surface area contributed by atoms with Crippen molar-refractivity contribution in [3.63, 3.8) is 0 Å². The largest absolute Gasteiger partial charge is 0.477 e. The Labute approximate surface area is 149 Å². The molecule has 2 aromatic carbocycles. The molecule has 0 fully saturated rings. The van der Waals surface area contributed by atoms with E-state index in [1.807, 2.05) is 18.2 Å².